The Morgan fingerprint density at radius 2 is 1.49 bits per heavy atom. The number of halogens is 1. The topological polar surface area (TPSA) is 86.8 Å². The molecule has 0 aliphatic carbocycles. The molecule has 3 aromatic carbocycles. The van der Waals surface area contributed by atoms with Crippen LogP contribution in [0.5, 0.6) is 0 Å². The first-order valence-electron chi connectivity index (χ1n) is 13.6. The van der Waals surface area contributed by atoms with Crippen molar-refractivity contribution in [2.45, 2.75) is 77.9 Å². The molecule has 0 aliphatic heterocycles. The predicted octanol–water partition coefficient (Wildman–Crippen LogP) is 6.18. The Hall–Kier alpha value is -3.36. The van der Waals surface area contributed by atoms with Crippen LogP contribution in [-0.4, -0.2) is 43.3 Å². The standard InChI is InChI=1S/C32H40ClN3O4S/c1-8-28(31(38)34-32(5,6)7)35(20-25-12-14-26(33)15-13-25)30(37)21-36(29-18-11-23(3)19-24(29)4)41(39,40)27-16-9-22(2)10-17-27/h9-19,28H,8,20-21H2,1-7H3,(H,34,38)/t28-/m0/s1. The molecule has 0 radical (unpaired) electrons. The highest BCUT2D eigenvalue weighted by Gasteiger charge is 2.35. The Kier molecular flexibility index (Phi) is 10.3. The van der Waals surface area contributed by atoms with Crippen molar-refractivity contribution in [2.75, 3.05) is 10.8 Å². The number of hydrogen-bond acceptors (Lipinski definition) is 4. The van der Waals surface area contributed by atoms with Crippen molar-refractivity contribution >= 4 is 39.1 Å². The number of anilines is 1. The molecule has 0 aliphatic rings. The van der Waals surface area contributed by atoms with E-state index in [4.69, 9.17) is 11.6 Å². The minimum absolute atomic E-state index is 0.0812. The fourth-order valence-corrected chi connectivity index (χ4v) is 6.20. The third-order valence-electron chi connectivity index (χ3n) is 6.66. The molecule has 3 aromatic rings. The maximum Gasteiger partial charge on any atom is 0.264 e. The molecule has 0 aromatic heterocycles. The van der Waals surface area contributed by atoms with Gasteiger partial charge in [0.2, 0.25) is 11.8 Å². The van der Waals surface area contributed by atoms with E-state index in [2.05, 4.69) is 5.32 Å². The fraction of sp³-hybridized carbons (Fsp3) is 0.375. The highest BCUT2D eigenvalue weighted by atomic mass is 35.5. The van der Waals surface area contributed by atoms with Crippen molar-refractivity contribution in [1.82, 2.24) is 10.2 Å². The van der Waals surface area contributed by atoms with Gasteiger partial charge in [0.05, 0.1) is 10.6 Å². The van der Waals surface area contributed by atoms with E-state index in [1.807, 2.05) is 60.6 Å². The molecule has 0 saturated carbocycles. The Balaban J connectivity index is 2.10. The van der Waals surface area contributed by atoms with Crippen molar-refractivity contribution < 1.29 is 18.0 Å². The van der Waals surface area contributed by atoms with Crippen molar-refractivity contribution in [3.63, 3.8) is 0 Å². The molecule has 0 unspecified atom stereocenters. The van der Waals surface area contributed by atoms with E-state index < -0.39 is 34.1 Å². The van der Waals surface area contributed by atoms with Crippen molar-refractivity contribution in [3.8, 4) is 0 Å². The quantitative estimate of drug-likeness (QED) is 0.302. The van der Waals surface area contributed by atoms with E-state index >= 15 is 0 Å². The van der Waals surface area contributed by atoms with E-state index in [0.717, 1.165) is 26.6 Å². The van der Waals surface area contributed by atoms with Crippen LogP contribution in [0.4, 0.5) is 5.69 Å². The molecule has 220 valence electrons. The van der Waals surface area contributed by atoms with E-state index in [0.29, 0.717) is 17.1 Å². The zero-order valence-electron chi connectivity index (χ0n) is 24.9. The number of rotatable bonds is 10. The van der Waals surface area contributed by atoms with Crippen molar-refractivity contribution in [2.24, 2.45) is 0 Å². The van der Waals surface area contributed by atoms with Crippen LogP contribution in [0.2, 0.25) is 5.02 Å². The molecule has 0 spiro atoms. The molecular formula is C32H40ClN3O4S. The molecule has 1 N–H and O–H groups in total. The number of carbonyl (C=O) groups excluding carboxylic acids is 2. The smallest absolute Gasteiger partial charge is 0.264 e. The monoisotopic (exact) mass is 597 g/mol. The lowest BCUT2D eigenvalue weighted by Crippen LogP contribution is -2.55. The Morgan fingerprint density at radius 3 is 2.02 bits per heavy atom. The number of aryl methyl sites for hydroxylation is 3. The summed E-state index contributed by atoms with van der Waals surface area (Å²) in [6, 6.07) is 18.2. The van der Waals surface area contributed by atoms with Gasteiger partial charge in [-0.15, -0.1) is 0 Å². The summed E-state index contributed by atoms with van der Waals surface area (Å²) in [6.45, 7) is 12.7. The Bertz CT molecular complexity index is 1480. The van der Waals surface area contributed by atoms with Crippen molar-refractivity contribution in [3.05, 3.63) is 94.0 Å². The van der Waals surface area contributed by atoms with Gasteiger partial charge in [0.15, 0.2) is 0 Å². The molecule has 0 fully saturated rings. The SMILES string of the molecule is CC[C@@H](C(=O)NC(C)(C)C)N(Cc1ccc(Cl)cc1)C(=O)CN(c1ccc(C)cc1C)S(=O)(=O)c1ccc(C)cc1. The van der Waals surface area contributed by atoms with E-state index in [1.165, 1.54) is 4.90 Å². The van der Waals surface area contributed by atoms with Gasteiger partial charge in [-0.05, 0) is 89.4 Å². The van der Waals surface area contributed by atoms with Crippen LogP contribution in [0.1, 0.15) is 56.4 Å². The summed E-state index contributed by atoms with van der Waals surface area (Å²) in [7, 11) is -4.13. The third-order valence-corrected chi connectivity index (χ3v) is 8.69. The van der Waals surface area contributed by atoms with Gasteiger partial charge in [-0.25, -0.2) is 8.42 Å². The summed E-state index contributed by atoms with van der Waals surface area (Å²) >= 11 is 6.09. The van der Waals surface area contributed by atoms with Gasteiger partial charge in [0, 0.05) is 17.1 Å². The first-order chi connectivity index (χ1) is 19.1. The average molecular weight is 598 g/mol. The van der Waals surface area contributed by atoms with Gasteiger partial charge >= 0.3 is 0 Å². The zero-order chi connectivity index (χ0) is 30.5. The first kappa shape index (κ1) is 32.2. The molecule has 1 atom stereocenters. The highest BCUT2D eigenvalue weighted by Crippen LogP contribution is 2.29. The number of sulfonamides is 1. The summed E-state index contributed by atoms with van der Waals surface area (Å²) < 4.78 is 29.3. The van der Waals surface area contributed by atoms with E-state index in [1.54, 1.807) is 54.6 Å². The number of nitrogens with one attached hydrogen (secondary N) is 1. The Morgan fingerprint density at radius 1 is 0.902 bits per heavy atom. The fourth-order valence-electron chi connectivity index (χ4n) is 4.59. The molecule has 0 saturated heterocycles. The highest BCUT2D eigenvalue weighted by molar-refractivity contribution is 7.92. The van der Waals surface area contributed by atoms with Gasteiger partial charge in [0.25, 0.3) is 10.0 Å². The van der Waals surface area contributed by atoms with Gasteiger partial charge in [-0.3, -0.25) is 13.9 Å². The molecule has 9 heteroatoms. The Labute approximate surface area is 249 Å². The van der Waals surface area contributed by atoms with Gasteiger partial charge in [0.1, 0.15) is 12.6 Å². The van der Waals surface area contributed by atoms with Crippen LogP contribution in [0.25, 0.3) is 0 Å². The molecule has 2 amide bonds. The van der Waals surface area contributed by atoms with Gasteiger partial charge < -0.3 is 10.2 Å². The van der Waals surface area contributed by atoms with E-state index in [-0.39, 0.29) is 17.3 Å². The zero-order valence-corrected chi connectivity index (χ0v) is 26.4. The molecule has 7 nitrogen and oxygen atoms in total. The molecular weight excluding hydrogens is 558 g/mol. The molecule has 3 rings (SSSR count). The van der Waals surface area contributed by atoms with Gasteiger partial charge in [-0.1, -0.05) is 66.0 Å². The van der Waals surface area contributed by atoms with Gasteiger partial charge in [-0.2, -0.15) is 0 Å². The average Bonchev–Trinajstić information content (AvgIpc) is 2.87. The van der Waals surface area contributed by atoms with Crippen LogP contribution in [0, 0.1) is 20.8 Å². The predicted molar refractivity (Wildman–Crippen MR) is 166 cm³/mol. The normalized spacial score (nSPS) is 12.5. The molecule has 0 heterocycles. The number of nitrogens with zero attached hydrogens (tertiary/aromatic N) is 2. The van der Waals surface area contributed by atoms with Crippen LogP contribution in [-0.2, 0) is 26.2 Å². The summed E-state index contributed by atoms with van der Waals surface area (Å²) in [6.07, 6.45) is 0.343. The summed E-state index contributed by atoms with van der Waals surface area (Å²) in [5.74, 6) is -0.798. The number of carbonyl (C=O) groups is 2. The minimum atomic E-state index is -4.13. The lowest BCUT2D eigenvalue weighted by atomic mass is 10.1. The maximum absolute atomic E-state index is 14.2. The number of benzene rings is 3. The number of hydrogen-bond donors (Lipinski definition) is 1. The lowest BCUT2D eigenvalue weighted by molar-refractivity contribution is -0.141. The summed E-state index contributed by atoms with van der Waals surface area (Å²) in [4.78, 5) is 29.2. The van der Waals surface area contributed by atoms with Crippen LogP contribution in [0.15, 0.2) is 71.6 Å². The molecule has 41 heavy (non-hydrogen) atoms. The second-order valence-corrected chi connectivity index (χ2v) is 13.7. The lowest BCUT2D eigenvalue weighted by Gasteiger charge is -2.35. The van der Waals surface area contributed by atoms with E-state index in [9.17, 15) is 18.0 Å². The van der Waals surface area contributed by atoms with Crippen molar-refractivity contribution in [1.29, 1.82) is 0 Å². The van der Waals surface area contributed by atoms with Crippen LogP contribution >= 0.6 is 11.6 Å². The summed E-state index contributed by atoms with van der Waals surface area (Å²) in [5.41, 5.74) is 3.27. The minimum Gasteiger partial charge on any atom is -0.350 e. The second kappa shape index (κ2) is 13.1. The second-order valence-electron chi connectivity index (χ2n) is 11.4. The summed E-state index contributed by atoms with van der Waals surface area (Å²) in [5, 5.41) is 3.53. The maximum atomic E-state index is 14.2. The van der Waals surface area contributed by atoms with Crippen LogP contribution < -0.4 is 9.62 Å². The first-order valence-corrected chi connectivity index (χ1v) is 15.5. The largest absolute Gasteiger partial charge is 0.350 e. The third kappa shape index (κ3) is 8.33. The molecule has 0 bridgehead atoms. The van der Waals surface area contributed by atoms with Crippen LogP contribution in [0.3, 0.4) is 0 Å². The number of amides is 2.